The summed E-state index contributed by atoms with van der Waals surface area (Å²) in [6.45, 7) is 4.69. The number of hydrogen-bond donors (Lipinski definition) is 1. The van der Waals surface area contributed by atoms with E-state index in [2.05, 4.69) is 13.8 Å². The smallest absolute Gasteiger partial charge is 0.00390 e. The molecule has 0 amide bonds. The lowest BCUT2D eigenvalue weighted by Crippen LogP contribution is -2.28. The third kappa shape index (κ3) is 2.78. The summed E-state index contributed by atoms with van der Waals surface area (Å²) in [7, 11) is 0. The van der Waals surface area contributed by atoms with Crippen LogP contribution in [0.25, 0.3) is 0 Å². The van der Waals surface area contributed by atoms with Crippen LogP contribution in [0, 0.1) is 11.8 Å². The van der Waals surface area contributed by atoms with Crippen molar-refractivity contribution in [3.05, 3.63) is 0 Å². The molecule has 1 rings (SSSR count). The van der Waals surface area contributed by atoms with Crippen molar-refractivity contribution in [2.24, 2.45) is 17.6 Å². The number of rotatable bonds is 3. The molecule has 1 atom stereocenters. The summed E-state index contributed by atoms with van der Waals surface area (Å²) in [4.78, 5) is 0. The second-order valence-electron chi connectivity index (χ2n) is 4.44. The zero-order valence-electron chi connectivity index (χ0n) is 8.55. The predicted molar refractivity (Wildman–Crippen MR) is 54.0 cm³/mol. The molecule has 1 fully saturated rings. The molecule has 1 heteroatoms. The third-order valence-corrected chi connectivity index (χ3v) is 3.37. The van der Waals surface area contributed by atoms with Crippen LogP contribution >= 0.6 is 0 Å². The lowest BCUT2D eigenvalue weighted by molar-refractivity contribution is 0.235. The molecule has 0 aliphatic heterocycles. The summed E-state index contributed by atoms with van der Waals surface area (Å²) in [6, 6.07) is 0.509. The van der Waals surface area contributed by atoms with E-state index in [1.165, 1.54) is 38.5 Å². The van der Waals surface area contributed by atoms with Gasteiger partial charge in [0, 0.05) is 6.04 Å². The first kappa shape index (κ1) is 10.0. The molecule has 0 bridgehead atoms. The number of hydrogen-bond acceptors (Lipinski definition) is 1. The standard InChI is InChI=1S/C11H23N/c1-3-4-9(2)10-5-7-11(12)8-6-10/h9-11H,3-8,12H2,1-2H3. The summed E-state index contributed by atoms with van der Waals surface area (Å²) in [5.41, 5.74) is 5.87. The van der Waals surface area contributed by atoms with Crippen molar-refractivity contribution < 1.29 is 0 Å². The van der Waals surface area contributed by atoms with Gasteiger partial charge in [-0.1, -0.05) is 26.7 Å². The highest BCUT2D eigenvalue weighted by atomic mass is 14.6. The van der Waals surface area contributed by atoms with Crippen molar-refractivity contribution in [2.75, 3.05) is 0 Å². The van der Waals surface area contributed by atoms with Gasteiger partial charge >= 0.3 is 0 Å². The first-order chi connectivity index (χ1) is 5.74. The van der Waals surface area contributed by atoms with E-state index in [1.54, 1.807) is 0 Å². The zero-order valence-corrected chi connectivity index (χ0v) is 8.55. The van der Waals surface area contributed by atoms with Crippen molar-refractivity contribution in [1.82, 2.24) is 0 Å². The van der Waals surface area contributed by atoms with E-state index in [1.807, 2.05) is 0 Å². The summed E-state index contributed by atoms with van der Waals surface area (Å²) >= 11 is 0. The van der Waals surface area contributed by atoms with Crippen LogP contribution < -0.4 is 5.73 Å². The molecule has 1 unspecified atom stereocenters. The molecular formula is C11H23N. The SMILES string of the molecule is CCCC(C)C1CCC(N)CC1. The monoisotopic (exact) mass is 169 g/mol. The Balaban J connectivity index is 2.24. The molecule has 0 heterocycles. The highest BCUT2D eigenvalue weighted by Crippen LogP contribution is 2.31. The van der Waals surface area contributed by atoms with E-state index < -0.39 is 0 Å². The van der Waals surface area contributed by atoms with Crippen LogP contribution in [0.3, 0.4) is 0 Å². The maximum atomic E-state index is 5.87. The average Bonchev–Trinajstić information content (AvgIpc) is 2.06. The van der Waals surface area contributed by atoms with Gasteiger partial charge < -0.3 is 5.73 Å². The van der Waals surface area contributed by atoms with Gasteiger partial charge in [-0.3, -0.25) is 0 Å². The van der Waals surface area contributed by atoms with Crippen molar-refractivity contribution >= 4 is 0 Å². The molecule has 0 aromatic rings. The molecule has 0 aromatic heterocycles. The Hall–Kier alpha value is -0.0400. The Bertz CT molecular complexity index is 114. The first-order valence-corrected chi connectivity index (χ1v) is 5.49. The Morgan fingerprint density at radius 2 is 1.83 bits per heavy atom. The molecule has 2 N–H and O–H groups in total. The Kier molecular flexibility index (Phi) is 4.07. The van der Waals surface area contributed by atoms with Gasteiger partial charge in [-0.05, 0) is 37.5 Å². The van der Waals surface area contributed by atoms with Gasteiger partial charge in [0.2, 0.25) is 0 Å². The van der Waals surface area contributed by atoms with Crippen LogP contribution in [0.15, 0.2) is 0 Å². The van der Waals surface area contributed by atoms with Crippen molar-refractivity contribution in [2.45, 2.75) is 58.4 Å². The molecule has 0 radical (unpaired) electrons. The van der Waals surface area contributed by atoms with Crippen LogP contribution in [-0.2, 0) is 0 Å². The second kappa shape index (κ2) is 4.86. The van der Waals surface area contributed by atoms with Gasteiger partial charge in [0.1, 0.15) is 0 Å². The van der Waals surface area contributed by atoms with Gasteiger partial charge in [-0.15, -0.1) is 0 Å². The molecule has 0 spiro atoms. The normalized spacial score (nSPS) is 33.2. The third-order valence-electron chi connectivity index (χ3n) is 3.37. The predicted octanol–water partition coefficient (Wildman–Crippen LogP) is 2.94. The second-order valence-corrected chi connectivity index (χ2v) is 4.44. The largest absolute Gasteiger partial charge is 0.328 e. The number of nitrogens with two attached hydrogens (primary N) is 1. The highest BCUT2D eigenvalue weighted by Gasteiger charge is 2.22. The zero-order chi connectivity index (χ0) is 8.97. The van der Waals surface area contributed by atoms with E-state index >= 15 is 0 Å². The van der Waals surface area contributed by atoms with Crippen molar-refractivity contribution in [1.29, 1.82) is 0 Å². The molecule has 72 valence electrons. The lowest BCUT2D eigenvalue weighted by atomic mass is 9.78. The Morgan fingerprint density at radius 1 is 1.25 bits per heavy atom. The minimum Gasteiger partial charge on any atom is -0.328 e. The fraction of sp³-hybridized carbons (Fsp3) is 1.00. The van der Waals surface area contributed by atoms with E-state index in [0.717, 1.165) is 11.8 Å². The van der Waals surface area contributed by atoms with Crippen LogP contribution in [0.1, 0.15) is 52.4 Å². The fourth-order valence-corrected chi connectivity index (χ4v) is 2.41. The van der Waals surface area contributed by atoms with Gasteiger partial charge in [-0.25, -0.2) is 0 Å². The summed E-state index contributed by atoms with van der Waals surface area (Å²) in [5.74, 6) is 1.91. The molecule has 1 saturated carbocycles. The topological polar surface area (TPSA) is 26.0 Å². The summed E-state index contributed by atoms with van der Waals surface area (Å²) in [6.07, 6.45) is 8.02. The Labute approximate surface area is 76.7 Å². The lowest BCUT2D eigenvalue weighted by Gasteiger charge is -2.30. The molecule has 1 nitrogen and oxygen atoms in total. The molecule has 0 saturated heterocycles. The van der Waals surface area contributed by atoms with Gasteiger partial charge in [0.25, 0.3) is 0 Å². The van der Waals surface area contributed by atoms with Gasteiger partial charge in [0.15, 0.2) is 0 Å². The van der Waals surface area contributed by atoms with E-state index in [-0.39, 0.29) is 0 Å². The fourth-order valence-electron chi connectivity index (χ4n) is 2.41. The molecule has 1 aliphatic carbocycles. The van der Waals surface area contributed by atoms with E-state index in [4.69, 9.17) is 5.73 Å². The average molecular weight is 169 g/mol. The van der Waals surface area contributed by atoms with Crippen molar-refractivity contribution in [3.8, 4) is 0 Å². The van der Waals surface area contributed by atoms with Crippen LogP contribution in [0.4, 0.5) is 0 Å². The Morgan fingerprint density at radius 3 is 2.33 bits per heavy atom. The molecular weight excluding hydrogens is 146 g/mol. The first-order valence-electron chi connectivity index (χ1n) is 5.49. The highest BCUT2D eigenvalue weighted by molar-refractivity contribution is 4.77. The molecule has 12 heavy (non-hydrogen) atoms. The summed E-state index contributed by atoms with van der Waals surface area (Å²) < 4.78 is 0. The molecule has 0 aromatic carbocycles. The van der Waals surface area contributed by atoms with E-state index in [9.17, 15) is 0 Å². The van der Waals surface area contributed by atoms with Crippen LogP contribution in [0.2, 0.25) is 0 Å². The van der Waals surface area contributed by atoms with Crippen molar-refractivity contribution in [3.63, 3.8) is 0 Å². The minimum atomic E-state index is 0.509. The van der Waals surface area contributed by atoms with Gasteiger partial charge in [-0.2, -0.15) is 0 Å². The molecule has 1 aliphatic rings. The van der Waals surface area contributed by atoms with Gasteiger partial charge in [0.05, 0.1) is 0 Å². The van der Waals surface area contributed by atoms with Crippen LogP contribution in [0.5, 0.6) is 0 Å². The van der Waals surface area contributed by atoms with E-state index in [0.29, 0.717) is 6.04 Å². The maximum Gasteiger partial charge on any atom is 0.00390 e. The maximum absolute atomic E-state index is 5.87. The minimum absolute atomic E-state index is 0.509. The quantitative estimate of drug-likeness (QED) is 0.690. The summed E-state index contributed by atoms with van der Waals surface area (Å²) in [5, 5.41) is 0. The van der Waals surface area contributed by atoms with Crippen LogP contribution in [-0.4, -0.2) is 6.04 Å².